The molecule has 0 atom stereocenters. The highest BCUT2D eigenvalue weighted by Crippen LogP contribution is 2.34. The van der Waals surface area contributed by atoms with Crippen LogP contribution in [0.25, 0.3) is 0 Å². The number of benzene rings is 2. The van der Waals surface area contributed by atoms with Crippen molar-refractivity contribution >= 4 is 21.6 Å². The Morgan fingerprint density at radius 2 is 1.07 bits per heavy atom. The molecule has 28 heavy (non-hydrogen) atoms. The molecule has 6 nitrogen and oxygen atoms in total. The van der Waals surface area contributed by atoms with Crippen molar-refractivity contribution in [1.29, 1.82) is 0 Å². The Labute approximate surface area is 170 Å². The molecule has 8 heteroatoms. The predicted octanol–water partition coefficient (Wildman–Crippen LogP) is 4.14. The van der Waals surface area contributed by atoms with Crippen LogP contribution in [0.4, 0.5) is 0 Å². The van der Waals surface area contributed by atoms with Gasteiger partial charge in [0.1, 0.15) is 13.2 Å². The summed E-state index contributed by atoms with van der Waals surface area (Å²) in [6.07, 6.45) is 7.02. The zero-order valence-electron chi connectivity index (χ0n) is 14.9. The molecule has 0 N–H and O–H groups in total. The Kier molecular flexibility index (Phi) is 6.21. The number of hydrogen-bond acceptors (Lipinski definition) is 6. The monoisotopic (exact) mass is 410 g/mol. The summed E-state index contributed by atoms with van der Waals surface area (Å²) >= 11 is 0. The second kappa shape index (κ2) is 9.38. The smallest absolute Gasteiger partial charge is 0.213 e. The van der Waals surface area contributed by atoms with Gasteiger partial charge in [-0.2, -0.15) is 9.46 Å². The van der Waals surface area contributed by atoms with E-state index in [1.165, 1.54) is 21.6 Å². The fourth-order valence-electron chi connectivity index (χ4n) is 2.38. The van der Waals surface area contributed by atoms with Gasteiger partial charge in [0.05, 0.1) is 12.4 Å². The van der Waals surface area contributed by atoms with Gasteiger partial charge in [-0.15, -0.1) is 0 Å². The number of aromatic nitrogens is 4. The number of hydrogen-bond donors (Lipinski definition) is 0. The topological polar surface area (TPSA) is 54.1 Å². The molecule has 0 saturated carbocycles. The predicted molar refractivity (Wildman–Crippen MR) is 110 cm³/mol. The van der Waals surface area contributed by atoms with Crippen LogP contribution in [-0.4, -0.2) is 19.4 Å². The minimum Gasteiger partial charge on any atom is -0.407 e. The fraction of sp³-hybridized carbons (Fsp3) is 0.100. The van der Waals surface area contributed by atoms with Gasteiger partial charge in [0.2, 0.25) is 10.3 Å². The van der Waals surface area contributed by atoms with E-state index in [9.17, 15) is 0 Å². The second-order valence-electron chi connectivity index (χ2n) is 5.76. The fourth-order valence-corrected chi connectivity index (χ4v) is 4.26. The van der Waals surface area contributed by atoms with Crippen LogP contribution in [0, 0.1) is 0 Å². The first-order valence-electron chi connectivity index (χ1n) is 8.64. The normalized spacial score (nSPS) is 10.7. The molecule has 4 aromatic rings. The van der Waals surface area contributed by atoms with Crippen molar-refractivity contribution < 1.29 is 9.68 Å². The summed E-state index contributed by atoms with van der Waals surface area (Å²) in [6.45, 7) is 0.953. The van der Waals surface area contributed by atoms with E-state index < -0.39 is 0 Å². The third-order valence-electron chi connectivity index (χ3n) is 3.77. The Hall–Kier alpha value is -2.84. The summed E-state index contributed by atoms with van der Waals surface area (Å²) in [5.41, 5.74) is 2.20. The molecule has 2 heterocycles. The van der Waals surface area contributed by atoms with Crippen LogP contribution >= 0.6 is 21.6 Å². The maximum atomic E-state index is 5.83. The molecule has 4 rings (SSSR count). The van der Waals surface area contributed by atoms with Crippen LogP contribution in [0.15, 0.2) is 95.8 Å². The molecular formula is C20H18N4O2S2. The molecule has 142 valence electrons. The van der Waals surface area contributed by atoms with Crippen LogP contribution < -0.4 is 9.68 Å². The maximum Gasteiger partial charge on any atom is 0.213 e. The molecular weight excluding hydrogens is 392 g/mol. The molecule has 0 saturated heterocycles. The summed E-state index contributed by atoms with van der Waals surface area (Å²) in [6, 6.07) is 20.1. The Morgan fingerprint density at radius 1 is 0.643 bits per heavy atom. The molecule has 2 aromatic heterocycles. The Bertz CT molecular complexity index is 908. The molecule has 0 fully saturated rings. The van der Waals surface area contributed by atoms with Gasteiger partial charge in [0, 0.05) is 12.4 Å². The number of rotatable bonds is 9. The van der Waals surface area contributed by atoms with Crippen LogP contribution in [0.2, 0.25) is 0 Å². The van der Waals surface area contributed by atoms with Gasteiger partial charge in [0.15, 0.2) is 0 Å². The highest BCUT2D eigenvalue weighted by atomic mass is 33.1. The van der Waals surface area contributed by atoms with Crippen molar-refractivity contribution in [3.63, 3.8) is 0 Å². The van der Waals surface area contributed by atoms with Crippen molar-refractivity contribution in [2.24, 2.45) is 0 Å². The summed E-state index contributed by atoms with van der Waals surface area (Å²) in [5.74, 6) is 0. The van der Waals surface area contributed by atoms with Crippen LogP contribution in [0.5, 0.6) is 0 Å². The average Bonchev–Trinajstić information content (AvgIpc) is 3.39. The lowest BCUT2D eigenvalue weighted by molar-refractivity contribution is 0.0781. The van der Waals surface area contributed by atoms with Gasteiger partial charge in [-0.05, 0) is 32.7 Å². The van der Waals surface area contributed by atoms with E-state index in [-0.39, 0.29) is 0 Å². The van der Waals surface area contributed by atoms with Gasteiger partial charge < -0.3 is 9.68 Å². The zero-order valence-corrected chi connectivity index (χ0v) is 16.6. The third kappa shape index (κ3) is 4.90. The Balaban J connectivity index is 1.33. The average molecular weight is 411 g/mol. The molecule has 0 unspecified atom stereocenters. The van der Waals surface area contributed by atoms with E-state index in [4.69, 9.17) is 9.68 Å². The molecule has 0 radical (unpaired) electrons. The van der Waals surface area contributed by atoms with Crippen molar-refractivity contribution in [3.8, 4) is 0 Å². The van der Waals surface area contributed by atoms with Gasteiger partial charge in [-0.25, -0.2) is 9.97 Å². The van der Waals surface area contributed by atoms with E-state index in [2.05, 4.69) is 9.97 Å². The van der Waals surface area contributed by atoms with Crippen LogP contribution in [0.3, 0.4) is 0 Å². The third-order valence-corrected chi connectivity index (χ3v) is 5.86. The first kappa shape index (κ1) is 18.5. The molecule has 0 aliphatic heterocycles. The largest absolute Gasteiger partial charge is 0.407 e. The van der Waals surface area contributed by atoms with Gasteiger partial charge in [-0.3, -0.25) is 0 Å². The van der Waals surface area contributed by atoms with Crippen molar-refractivity contribution in [2.45, 2.75) is 23.5 Å². The molecule has 0 aliphatic carbocycles. The number of nitrogens with zero attached hydrogens (tertiary/aromatic N) is 4. The summed E-state index contributed by atoms with van der Waals surface area (Å²) in [4.78, 5) is 20.4. The van der Waals surface area contributed by atoms with Crippen molar-refractivity contribution in [3.05, 3.63) is 96.6 Å². The quantitative estimate of drug-likeness (QED) is 0.387. The van der Waals surface area contributed by atoms with E-state index >= 15 is 0 Å². The van der Waals surface area contributed by atoms with E-state index in [0.717, 1.165) is 21.4 Å². The standard InChI is InChI=1S/C20H18N4O2S2/c1-3-7-17(8-4-1)15-25-23-13-11-21-19(23)27-28-20-22-12-14-24(20)26-16-18-9-5-2-6-10-18/h1-14H,15-16H2. The second-order valence-corrected chi connectivity index (χ2v) is 7.82. The number of imidazole rings is 2. The van der Waals surface area contributed by atoms with Crippen LogP contribution in [-0.2, 0) is 13.2 Å². The van der Waals surface area contributed by atoms with E-state index in [0.29, 0.717) is 13.2 Å². The molecule has 0 bridgehead atoms. The molecule has 0 amide bonds. The summed E-state index contributed by atoms with van der Waals surface area (Å²) in [7, 11) is 2.93. The highest BCUT2D eigenvalue weighted by Gasteiger charge is 2.11. The minimum absolute atomic E-state index is 0.476. The van der Waals surface area contributed by atoms with Gasteiger partial charge >= 0.3 is 0 Å². The summed E-state index contributed by atoms with van der Waals surface area (Å²) < 4.78 is 3.34. The minimum atomic E-state index is 0.476. The molecule has 0 aliphatic rings. The van der Waals surface area contributed by atoms with Crippen LogP contribution in [0.1, 0.15) is 11.1 Å². The first-order valence-corrected chi connectivity index (χ1v) is 10.8. The summed E-state index contributed by atoms with van der Waals surface area (Å²) in [5, 5.41) is 1.47. The van der Waals surface area contributed by atoms with Gasteiger partial charge in [-0.1, -0.05) is 60.7 Å². The molecule has 2 aromatic carbocycles. The lowest BCUT2D eigenvalue weighted by Crippen LogP contribution is -2.12. The van der Waals surface area contributed by atoms with E-state index in [1.807, 2.05) is 60.7 Å². The Morgan fingerprint density at radius 3 is 1.50 bits per heavy atom. The van der Waals surface area contributed by atoms with Gasteiger partial charge in [0.25, 0.3) is 0 Å². The molecule has 0 spiro atoms. The van der Waals surface area contributed by atoms with E-state index in [1.54, 1.807) is 34.2 Å². The SMILES string of the molecule is c1ccc(COn2ccnc2SSc2nccn2OCc2ccccc2)cc1. The lowest BCUT2D eigenvalue weighted by Gasteiger charge is -2.10. The van der Waals surface area contributed by atoms with Crippen molar-refractivity contribution in [2.75, 3.05) is 0 Å². The maximum absolute atomic E-state index is 5.83. The lowest BCUT2D eigenvalue weighted by atomic mass is 10.2. The highest BCUT2D eigenvalue weighted by molar-refractivity contribution is 8.76. The van der Waals surface area contributed by atoms with Crippen molar-refractivity contribution in [1.82, 2.24) is 19.4 Å². The zero-order chi connectivity index (χ0) is 19.0. The first-order chi connectivity index (χ1) is 13.9.